The van der Waals surface area contributed by atoms with Crippen molar-refractivity contribution < 1.29 is 23.8 Å². The normalized spacial score (nSPS) is 11.4. The molecule has 0 aliphatic heterocycles. The van der Waals surface area contributed by atoms with Gasteiger partial charge in [0.25, 0.3) is 5.91 Å². The van der Waals surface area contributed by atoms with Crippen LogP contribution in [0.1, 0.15) is 39.2 Å². The lowest BCUT2D eigenvalue weighted by molar-refractivity contribution is 0.0724. The molecule has 1 amide bonds. The SMILES string of the molecule is COc1cccc(OC)c1OC(=O)c1cccc(-c2cc(C(=O)Nc3ccncc3)ccc2C(C)N)c1. The number of nitrogens with two attached hydrogens (primary N) is 1. The molecule has 1 unspecified atom stereocenters. The molecular weight excluding hydrogens is 470 g/mol. The highest BCUT2D eigenvalue weighted by atomic mass is 16.6. The van der Waals surface area contributed by atoms with E-state index in [0.29, 0.717) is 33.9 Å². The topological polar surface area (TPSA) is 113 Å². The fraction of sp³-hybridized carbons (Fsp3) is 0.138. The number of aromatic nitrogens is 1. The summed E-state index contributed by atoms with van der Waals surface area (Å²) in [5.41, 5.74) is 9.92. The van der Waals surface area contributed by atoms with Crippen LogP contribution < -0.4 is 25.3 Å². The number of para-hydroxylation sites is 1. The Labute approximate surface area is 215 Å². The van der Waals surface area contributed by atoms with E-state index < -0.39 is 5.97 Å². The van der Waals surface area contributed by atoms with E-state index in [1.54, 1.807) is 73.1 Å². The quantitative estimate of drug-likeness (QED) is 0.252. The Kier molecular flexibility index (Phi) is 7.80. The summed E-state index contributed by atoms with van der Waals surface area (Å²) < 4.78 is 16.3. The number of ether oxygens (including phenoxy) is 3. The fourth-order valence-electron chi connectivity index (χ4n) is 3.87. The highest BCUT2D eigenvalue weighted by Crippen LogP contribution is 2.37. The summed E-state index contributed by atoms with van der Waals surface area (Å²) in [5, 5.41) is 2.86. The van der Waals surface area contributed by atoms with Gasteiger partial charge in [-0.15, -0.1) is 0 Å². The molecule has 1 atom stereocenters. The number of benzene rings is 3. The molecule has 37 heavy (non-hydrogen) atoms. The van der Waals surface area contributed by atoms with Gasteiger partial charge in [0.05, 0.1) is 19.8 Å². The van der Waals surface area contributed by atoms with Gasteiger partial charge in [0.2, 0.25) is 5.75 Å². The van der Waals surface area contributed by atoms with E-state index in [1.165, 1.54) is 14.2 Å². The fourth-order valence-corrected chi connectivity index (χ4v) is 3.87. The number of hydrogen-bond donors (Lipinski definition) is 2. The zero-order valence-corrected chi connectivity index (χ0v) is 20.7. The standard InChI is InChI=1S/C29H27N3O5/c1-18(30)23-11-10-20(28(33)32-22-12-14-31-15-13-22)17-24(23)19-6-4-7-21(16-19)29(34)37-27-25(35-2)8-5-9-26(27)36-3/h4-18H,30H2,1-3H3,(H,31,32,33). The maximum Gasteiger partial charge on any atom is 0.343 e. The number of pyridine rings is 1. The van der Waals surface area contributed by atoms with E-state index >= 15 is 0 Å². The molecule has 3 aromatic carbocycles. The van der Waals surface area contributed by atoms with Gasteiger partial charge in [-0.2, -0.15) is 0 Å². The molecule has 0 saturated heterocycles. The van der Waals surface area contributed by atoms with Crippen molar-refractivity contribution in [3.8, 4) is 28.4 Å². The Hall–Kier alpha value is -4.69. The first-order chi connectivity index (χ1) is 17.9. The first-order valence-electron chi connectivity index (χ1n) is 11.6. The molecule has 1 aromatic heterocycles. The van der Waals surface area contributed by atoms with Crippen molar-refractivity contribution in [3.63, 3.8) is 0 Å². The maximum atomic E-state index is 13.1. The largest absolute Gasteiger partial charge is 0.493 e. The van der Waals surface area contributed by atoms with Gasteiger partial charge >= 0.3 is 5.97 Å². The molecule has 0 radical (unpaired) electrons. The number of rotatable bonds is 8. The summed E-state index contributed by atoms with van der Waals surface area (Å²) in [6.45, 7) is 1.86. The molecule has 1 heterocycles. The Balaban J connectivity index is 1.67. The summed E-state index contributed by atoms with van der Waals surface area (Å²) >= 11 is 0. The summed E-state index contributed by atoms with van der Waals surface area (Å²) in [6.07, 6.45) is 3.21. The molecule has 8 heteroatoms. The lowest BCUT2D eigenvalue weighted by atomic mass is 9.92. The maximum absolute atomic E-state index is 13.1. The van der Waals surface area contributed by atoms with Gasteiger partial charge in [0, 0.05) is 29.7 Å². The summed E-state index contributed by atoms with van der Waals surface area (Å²) in [5.74, 6) is 0.0713. The van der Waals surface area contributed by atoms with Crippen LogP contribution in [0.2, 0.25) is 0 Å². The first-order valence-corrected chi connectivity index (χ1v) is 11.6. The number of carbonyl (C=O) groups is 2. The van der Waals surface area contributed by atoms with E-state index in [0.717, 1.165) is 11.1 Å². The molecule has 0 fully saturated rings. The highest BCUT2D eigenvalue weighted by Gasteiger charge is 2.19. The average molecular weight is 498 g/mol. The zero-order valence-electron chi connectivity index (χ0n) is 20.7. The van der Waals surface area contributed by atoms with Crippen LogP contribution >= 0.6 is 0 Å². The molecule has 0 bridgehead atoms. The number of esters is 1. The van der Waals surface area contributed by atoms with Gasteiger partial charge in [-0.3, -0.25) is 9.78 Å². The Morgan fingerprint density at radius 1 is 0.865 bits per heavy atom. The smallest absolute Gasteiger partial charge is 0.343 e. The second-order valence-electron chi connectivity index (χ2n) is 8.24. The van der Waals surface area contributed by atoms with Gasteiger partial charge in [-0.1, -0.05) is 24.3 Å². The molecule has 3 N–H and O–H groups in total. The van der Waals surface area contributed by atoms with E-state index in [4.69, 9.17) is 19.9 Å². The van der Waals surface area contributed by atoms with Gasteiger partial charge in [0.15, 0.2) is 11.5 Å². The Morgan fingerprint density at radius 2 is 1.54 bits per heavy atom. The highest BCUT2D eigenvalue weighted by molar-refractivity contribution is 6.05. The molecule has 0 spiro atoms. The number of methoxy groups -OCH3 is 2. The van der Waals surface area contributed by atoms with Gasteiger partial charge in [0.1, 0.15) is 0 Å². The summed E-state index contributed by atoms with van der Waals surface area (Å²) in [7, 11) is 2.97. The third-order valence-electron chi connectivity index (χ3n) is 5.73. The third-order valence-corrected chi connectivity index (χ3v) is 5.73. The van der Waals surface area contributed by atoms with Crippen LogP contribution in [0, 0.1) is 0 Å². The Morgan fingerprint density at radius 3 is 2.19 bits per heavy atom. The summed E-state index contributed by atoms with van der Waals surface area (Å²) in [6, 6.07) is 20.5. The molecule has 8 nitrogen and oxygen atoms in total. The van der Waals surface area contributed by atoms with E-state index in [9.17, 15) is 9.59 Å². The second kappa shape index (κ2) is 11.4. The van der Waals surface area contributed by atoms with Gasteiger partial charge in [-0.05, 0) is 72.1 Å². The average Bonchev–Trinajstić information content (AvgIpc) is 2.93. The van der Waals surface area contributed by atoms with Crippen molar-refractivity contribution in [1.82, 2.24) is 4.98 Å². The molecule has 4 aromatic rings. The summed E-state index contributed by atoms with van der Waals surface area (Å²) in [4.78, 5) is 30.0. The molecule has 4 rings (SSSR count). The minimum atomic E-state index is -0.585. The van der Waals surface area contributed by atoms with E-state index in [1.807, 2.05) is 19.1 Å². The number of hydrogen-bond acceptors (Lipinski definition) is 7. The number of carbonyl (C=O) groups excluding carboxylic acids is 2. The van der Waals surface area contributed by atoms with Crippen LogP contribution in [-0.4, -0.2) is 31.1 Å². The zero-order chi connectivity index (χ0) is 26.4. The van der Waals surface area contributed by atoms with Crippen LogP contribution in [0.15, 0.2) is 85.2 Å². The predicted octanol–water partition coefficient (Wildman–Crippen LogP) is 5.26. The van der Waals surface area contributed by atoms with Crippen molar-refractivity contribution in [2.24, 2.45) is 5.73 Å². The van der Waals surface area contributed by atoms with Crippen molar-refractivity contribution in [1.29, 1.82) is 0 Å². The first kappa shape index (κ1) is 25.4. The lowest BCUT2D eigenvalue weighted by Gasteiger charge is -2.16. The van der Waals surface area contributed by atoms with Crippen LogP contribution in [0.4, 0.5) is 5.69 Å². The minimum Gasteiger partial charge on any atom is -0.493 e. The molecule has 188 valence electrons. The Bertz CT molecular complexity index is 1400. The van der Waals surface area contributed by atoms with Crippen molar-refractivity contribution in [2.45, 2.75) is 13.0 Å². The van der Waals surface area contributed by atoms with Gasteiger partial charge < -0.3 is 25.3 Å². The van der Waals surface area contributed by atoms with Crippen LogP contribution in [0.5, 0.6) is 17.2 Å². The van der Waals surface area contributed by atoms with Gasteiger partial charge in [-0.25, -0.2) is 4.79 Å². The number of anilines is 1. The lowest BCUT2D eigenvalue weighted by Crippen LogP contribution is -2.14. The van der Waals surface area contributed by atoms with Crippen LogP contribution in [0.25, 0.3) is 11.1 Å². The van der Waals surface area contributed by atoms with Crippen LogP contribution in [0.3, 0.4) is 0 Å². The molecular formula is C29H27N3O5. The van der Waals surface area contributed by atoms with Crippen molar-refractivity contribution in [2.75, 3.05) is 19.5 Å². The molecule has 0 saturated carbocycles. The van der Waals surface area contributed by atoms with Crippen LogP contribution in [-0.2, 0) is 0 Å². The predicted molar refractivity (Wildman–Crippen MR) is 141 cm³/mol. The second-order valence-corrected chi connectivity index (χ2v) is 8.24. The number of nitrogens with zero attached hydrogens (tertiary/aromatic N) is 1. The van der Waals surface area contributed by atoms with E-state index in [-0.39, 0.29) is 17.7 Å². The number of amides is 1. The monoisotopic (exact) mass is 497 g/mol. The molecule has 0 aliphatic carbocycles. The minimum absolute atomic E-state index is 0.189. The number of nitrogens with one attached hydrogen (secondary N) is 1. The molecule has 0 aliphatic rings. The van der Waals surface area contributed by atoms with Crippen molar-refractivity contribution in [3.05, 3.63) is 102 Å². The third kappa shape index (κ3) is 5.76. The van der Waals surface area contributed by atoms with E-state index in [2.05, 4.69) is 10.3 Å². The van der Waals surface area contributed by atoms with Crippen molar-refractivity contribution >= 4 is 17.6 Å².